The molecule has 1 aromatic heterocycles. The number of aryl methyl sites for hydroxylation is 1. The molecule has 0 aliphatic heterocycles. The van der Waals surface area contributed by atoms with E-state index in [0.717, 1.165) is 17.2 Å². The number of primary amides is 1. The molecule has 0 spiro atoms. The molecular formula is C15H18N2O3. The lowest BCUT2D eigenvalue weighted by Gasteiger charge is -2.14. The fourth-order valence-corrected chi connectivity index (χ4v) is 1.84. The highest BCUT2D eigenvalue weighted by molar-refractivity contribution is 5.75. The lowest BCUT2D eigenvalue weighted by molar-refractivity contribution is -0.119. The van der Waals surface area contributed by atoms with Crippen molar-refractivity contribution in [3.05, 3.63) is 47.9 Å². The smallest absolute Gasteiger partial charge is 0.255 e. The number of nitrogens with one attached hydrogen (secondary N) is 1. The van der Waals surface area contributed by atoms with E-state index in [4.69, 9.17) is 14.9 Å². The van der Waals surface area contributed by atoms with Crippen LogP contribution in [0.15, 0.2) is 40.8 Å². The molecule has 106 valence electrons. The number of rotatable bonds is 6. The minimum absolute atomic E-state index is 0.0371. The molecule has 1 heterocycles. The number of benzene rings is 1. The summed E-state index contributed by atoms with van der Waals surface area (Å²) < 4.78 is 10.8. The van der Waals surface area contributed by atoms with Gasteiger partial charge in [-0.3, -0.25) is 4.79 Å². The molecule has 0 saturated heterocycles. The molecule has 1 atom stereocenters. The summed E-state index contributed by atoms with van der Waals surface area (Å²) in [6.07, 6.45) is 0. The van der Waals surface area contributed by atoms with Crippen LogP contribution < -0.4 is 15.8 Å². The Morgan fingerprint density at radius 2 is 2.20 bits per heavy atom. The van der Waals surface area contributed by atoms with E-state index in [0.29, 0.717) is 5.75 Å². The predicted molar refractivity (Wildman–Crippen MR) is 76.6 cm³/mol. The van der Waals surface area contributed by atoms with Gasteiger partial charge in [-0.15, -0.1) is 0 Å². The molecule has 0 aliphatic carbocycles. The van der Waals surface area contributed by atoms with E-state index in [1.165, 1.54) is 0 Å². The number of carbonyl (C=O) groups is 1. The first kappa shape index (κ1) is 14.0. The van der Waals surface area contributed by atoms with Crippen molar-refractivity contribution >= 4 is 11.6 Å². The second-order valence-corrected chi connectivity index (χ2v) is 4.60. The Balaban J connectivity index is 2.02. The molecule has 0 radical (unpaired) electrons. The molecule has 5 heteroatoms. The molecule has 1 amide bonds. The number of ether oxygens (including phenoxy) is 1. The normalized spacial score (nSPS) is 11.9. The lowest BCUT2D eigenvalue weighted by atomic mass is 10.2. The van der Waals surface area contributed by atoms with Crippen LogP contribution in [0.3, 0.4) is 0 Å². The van der Waals surface area contributed by atoms with E-state index in [1.807, 2.05) is 44.2 Å². The average Bonchev–Trinajstić information content (AvgIpc) is 2.84. The van der Waals surface area contributed by atoms with Gasteiger partial charge in [0.1, 0.15) is 17.3 Å². The van der Waals surface area contributed by atoms with Gasteiger partial charge in [-0.05, 0) is 38.1 Å². The van der Waals surface area contributed by atoms with E-state index in [-0.39, 0.29) is 12.6 Å². The summed E-state index contributed by atoms with van der Waals surface area (Å²) in [4.78, 5) is 10.7. The first-order chi connectivity index (χ1) is 9.54. The summed E-state index contributed by atoms with van der Waals surface area (Å²) in [7, 11) is 0. The maximum atomic E-state index is 10.7. The van der Waals surface area contributed by atoms with Crippen LogP contribution in [-0.4, -0.2) is 12.5 Å². The minimum Gasteiger partial charge on any atom is -0.484 e. The van der Waals surface area contributed by atoms with Crippen molar-refractivity contribution in [2.75, 3.05) is 11.9 Å². The van der Waals surface area contributed by atoms with Crippen LogP contribution in [0.2, 0.25) is 0 Å². The van der Waals surface area contributed by atoms with E-state index < -0.39 is 5.91 Å². The summed E-state index contributed by atoms with van der Waals surface area (Å²) in [6, 6.07) is 11.3. The second-order valence-electron chi connectivity index (χ2n) is 4.60. The summed E-state index contributed by atoms with van der Waals surface area (Å²) in [5.74, 6) is 1.84. The van der Waals surface area contributed by atoms with Crippen molar-refractivity contribution in [2.24, 2.45) is 5.73 Å². The van der Waals surface area contributed by atoms with Crippen LogP contribution in [0.25, 0.3) is 0 Å². The molecule has 1 unspecified atom stereocenters. The fourth-order valence-electron chi connectivity index (χ4n) is 1.84. The molecule has 5 nitrogen and oxygen atoms in total. The van der Waals surface area contributed by atoms with Crippen molar-refractivity contribution in [1.82, 2.24) is 0 Å². The maximum absolute atomic E-state index is 10.7. The molecule has 3 N–H and O–H groups in total. The Bertz CT molecular complexity index is 592. The third kappa shape index (κ3) is 3.78. The van der Waals surface area contributed by atoms with Crippen LogP contribution in [0, 0.1) is 6.92 Å². The van der Waals surface area contributed by atoms with E-state index in [1.54, 1.807) is 6.07 Å². The number of hydrogen-bond donors (Lipinski definition) is 2. The number of nitrogens with two attached hydrogens (primary N) is 1. The monoisotopic (exact) mass is 274 g/mol. The van der Waals surface area contributed by atoms with Crippen LogP contribution in [-0.2, 0) is 4.79 Å². The van der Waals surface area contributed by atoms with Gasteiger partial charge in [-0.1, -0.05) is 6.07 Å². The zero-order valence-electron chi connectivity index (χ0n) is 11.6. The lowest BCUT2D eigenvalue weighted by Crippen LogP contribution is -2.20. The Hall–Kier alpha value is -2.43. The summed E-state index contributed by atoms with van der Waals surface area (Å²) in [5.41, 5.74) is 5.93. The fraction of sp³-hybridized carbons (Fsp3) is 0.267. The van der Waals surface area contributed by atoms with Gasteiger partial charge in [-0.25, -0.2) is 0 Å². The van der Waals surface area contributed by atoms with Crippen molar-refractivity contribution in [1.29, 1.82) is 0 Å². The van der Waals surface area contributed by atoms with Crippen molar-refractivity contribution < 1.29 is 13.9 Å². The second kappa shape index (κ2) is 6.14. The van der Waals surface area contributed by atoms with Gasteiger partial charge in [0.2, 0.25) is 0 Å². The van der Waals surface area contributed by atoms with Crippen LogP contribution in [0.4, 0.5) is 5.69 Å². The van der Waals surface area contributed by atoms with Gasteiger partial charge >= 0.3 is 0 Å². The standard InChI is InChI=1S/C15H18N2O3/c1-10-6-7-14(20-10)11(2)17-12-4-3-5-13(8-12)19-9-15(16)18/h3-8,11,17H,9H2,1-2H3,(H2,16,18). The topological polar surface area (TPSA) is 77.5 Å². The highest BCUT2D eigenvalue weighted by Crippen LogP contribution is 2.23. The molecule has 2 aromatic rings. The Morgan fingerprint density at radius 3 is 2.85 bits per heavy atom. The van der Waals surface area contributed by atoms with Gasteiger partial charge in [-0.2, -0.15) is 0 Å². The quantitative estimate of drug-likeness (QED) is 0.848. The van der Waals surface area contributed by atoms with Crippen molar-refractivity contribution in [3.63, 3.8) is 0 Å². The van der Waals surface area contributed by atoms with Gasteiger partial charge in [0, 0.05) is 11.8 Å². The van der Waals surface area contributed by atoms with E-state index in [9.17, 15) is 4.79 Å². The van der Waals surface area contributed by atoms with Gasteiger partial charge < -0.3 is 20.2 Å². The Labute approximate surface area is 117 Å². The average molecular weight is 274 g/mol. The number of anilines is 1. The molecular weight excluding hydrogens is 256 g/mol. The molecule has 1 aromatic carbocycles. The first-order valence-corrected chi connectivity index (χ1v) is 6.38. The third-order valence-electron chi connectivity index (χ3n) is 2.79. The van der Waals surface area contributed by atoms with Gasteiger partial charge in [0.05, 0.1) is 6.04 Å². The number of furan rings is 1. The van der Waals surface area contributed by atoms with E-state index >= 15 is 0 Å². The number of carbonyl (C=O) groups excluding carboxylic acids is 1. The molecule has 0 saturated carbocycles. The summed E-state index contributed by atoms with van der Waals surface area (Å²) >= 11 is 0. The third-order valence-corrected chi connectivity index (χ3v) is 2.79. The summed E-state index contributed by atoms with van der Waals surface area (Å²) in [5, 5.41) is 3.31. The molecule has 2 rings (SSSR count). The van der Waals surface area contributed by atoms with E-state index in [2.05, 4.69) is 5.32 Å². The van der Waals surface area contributed by atoms with Gasteiger partial charge in [0.25, 0.3) is 5.91 Å². The largest absolute Gasteiger partial charge is 0.484 e. The molecule has 0 fully saturated rings. The highest BCUT2D eigenvalue weighted by atomic mass is 16.5. The van der Waals surface area contributed by atoms with Crippen LogP contribution >= 0.6 is 0 Å². The maximum Gasteiger partial charge on any atom is 0.255 e. The Kier molecular flexibility index (Phi) is 4.30. The van der Waals surface area contributed by atoms with Crippen LogP contribution in [0.5, 0.6) is 5.75 Å². The first-order valence-electron chi connectivity index (χ1n) is 6.38. The molecule has 20 heavy (non-hydrogen) atoms. The minimum atomic E-state index is -0.497. The summed E-state index contributed by atoms with van der Waals surface area (Å²) in [6.45, 7) is 3.79. The zero-order chi connectivity index (χ0) is 14.5. The van der Waals surface area contributed by atoms with Crippen molar-refractivity contribution in [2.45, 2.75) is 19.9 Å². The van der Waals surface area contributed by atoms with Crippen LogP contribution in [0.1, 0.15) is 24.5 Å². The zero-order valence-corrected chi connectivity index (χ0v) is 11.6. The Morgan fingerprint density at radius 1 is 1.40 bits per heavy atom. The number of hydrogen-bond acceptors (Lipinski definition) is 4. The van der Waals surface area contributed by atoms with Crippen molar-refractivity contribution in [3.8, 4) is 5.75 Å². The SMILES string of the molecule is Cc1ccc(C(C)Nc2cccc(OCC(N)=O)c2)o1. The predicted octanol–water partition coefficient (Wildman–Crippen LogP) is 2.63. The molecule has 0 aliphatic rings. The highest BCUT2D eigenvalue weighted by Gasteiger charge is 2.09. The number of amides is 1. The molecule has 0 bridgehead atoms. The van der Waals surface area contributed by atoms with Gasteiger partial charge in [0.15, 0.2) is 6.61 Å².